The van der Waals surface area contributed by atoms with Crippen LogP contribution in [0.25, 0.3) is 0 Å². The molecule has 1 rings (SSSR count). The van der Waals surface area contributed by atoms with E-state index < -0.39 is 23.2 Å². The zero-order valence-electron chi connectivity index (χ0n) is 10.2. The lowest BCUT2D eigenvalue weighted by Gasteiger charge is -2.15. The number of rotatable bonds is 4. The molecule has 0 radical (unpaired) electrons. The van der Waals surface area contributed by atoms with Gasteiger partial charge in [-0.05, 0) is 25.4 Å². The third-order valence-corrected chi connectivity index (χ3v) is 2.27. The Hall–Kier alpha value is -1.57. The molecule has 0 saturated carbocycles. The van der Waals surface area contributed by atoms with Crippen LogP contribution in [0.2, 0.25) is 5.28 Å². The molecule has 5 nitrogen and oxygen atoms in total. The van der Waals surface area contributed by atoms with Gasteiger partial charge in [-0.15, -0.1) is 0 Å². The van der Waals surface area contributed by atoms with Crippen LogP contribution < -0.4 is 10.6 Å². The van der Waals surface area contributed by atoms with E-state index in [0.717, 1.165) is 0 Å². The molecular weight excluding hydrogens is 285 g/mol. The first kappa shape index (κ1) is 15.5. The second-order valence-electron chi connectivity index (χ2n) is 3.67. The van der Waals surface area contributed by atoms with E-state index in [1.807, 2.05) is 0 Å². The fraction of sp³-hybridized carbons (Fsp3) is 0.500. The average molecular weight is 297 g/mol. The first-order valence-corrected chi connectivity index (χ1v) is 5.78. The van der Waals surface area contributed by atoms with Gasteiger partial charge in [0, 0.05) is 12.6 Å². The fourth-order valence-electron chi connectivity index (χ4n) is 1.25. The third kappa shape index (κ3) is 4.55. The Morgan fingerprint density at radius 3 is 2.63 bits per heavy atom. The molecule has 0 spiro atoms. The van der Waals surface area contributed by atoms with Crippen molar-refractivity contribution in [3.63, 3.8) is 0 Å². The largest absolute Gasteiger partial charge is 0.433 e. The average Bonchev–Trinajstić information content (AvgIpc) is 2.27. The molecule has 0 aliphatic rings. The molecule has 1 atom stereocenters. The standard InChI is InChI=1S/C10H12ClF3N4O/c1-3-15-8(19)5(2)16-7-4-6(10(12,13)14)17-9(11)18-7/h4-5H,3H2,1-2H3,(H,15,19)(H,16,17,18). The lowest BCUT2D eigenvalue weighted by atomic mass is 10.3. The highest BCUT2D eigenvalue weighted by molar-refractivity contribution is 6.28. The number of anilines is 1. The molecule has 106 valence electrons. The van der Waals surface area contributed by atoms with Gasteiger partial charge in [0.05, 0.1) is 0 Å². The maximum atomic E-state index is 12.5. The fourth-order valence-corrected chi connectivity index (χ4v) is 1.43. The summed E-state index contributed by atoms with van der Waals surface area (Å²) in [4.78, 5) is 18.1. The van der Waals surface area contributed by atoms with Crippen molar-refractivity contribution in [1.82, 2.24) is 15.3 Å². The number of hydrogen-bond acceptors (Lipinski definition) is 4. The Morgan fingerprint density at radius 1 is 1.47 bits per heavy atom. The molecule has 1 unspecified atom stereocenters. The van der Waals surface area contributed by atoms with Gasteiger partial charge in [0.2, 0.25) is 11.2 Å². The molecule has 1 amide bonds. The van der Waals surface area contributed by atoms with Gasteiger partial charge >= 0.3 is 6.18 Å². The number of alkyl halides is 3. The summed E-state index contributed by atoms with van der Waals surface area (Å²) < 4.78 is 37.5. The van der Waals surface area contributed by atoms with Gasteiger partial charge in [-0.25, -0.2) is 9.97 Å². The van der Waals surface area contributed by atoms with Crippen LogP contribution in [0.4, 0.5) is 19.0 Å². The van der Waals surface area contributed by atoms with Gasteiger partial charge in [-0.2, -0.15) is 13.2 Å². The van der Waals surface area contributed by atoms with Crippen molar-refractivity contribution < 1.29 is 18.0 Å². The molecule has 0 fully saturated rings. The lowest BCUT2D eigenvalue weighted by Crippen LogP contribution is -2.37. The molecule has 1 aromatic heterocycles. The van der Waals surface area contributed by atoms with E-state index in [1.165, 1.54) is 6.92 Å². The number of hydrogen-bond donors (Lipinski definition) is 2. The SMILES string of the molecule is CCNC(=O)C(C)Nc1cc(C(F)(F)F)nc(Cl)n1. The minimum atomic E-state index is -4.63. The quantitative estimate of drug-likeness (QED) is 0.835. The number of nitrogens with zero attached hydrogens (tertiary/aromatic N) is 2. The minimum absolute atomic E-state index is 0.161. The van der Waals surface area contributed by atoms with Crippen molar-refractivity contribution in [2.75, 3.05) is 11.9 Å². The second kappa shape index (κ2) is 6.05. The van der Waals surface area contributed by atoms with Crippen LogP contribution in [-0.4, -0.2) is 28.5 Å². The molecule has 1 heterocycles. The summed E-state index contributed by atoms with van der Waals surface area (Å²) >= 11 is 5.42. The van der Waals surface area contributed by atoms with Crippen molar-refractivity contribution in [2.45, 2.75) is 26.1 Å². The molecule has 0 saturated heterocycles. The van der Waals surface area contributed by atoms with E-state index in [-0.39, 0.29) is 11.7 Å². The summed E-state index contributed by atoms with van der Waals surface area (Å²) in [5.74, 6) is -0.517. The number of halogens is 4. The smallest absolute Gasteiger partial charge is 0.358 e. The predicted molar refractivity (Wildman–Crippen MR) is 63.8 cm³/mol. The number of likely N-dealkylation sites (N-methyl/N-ethyl adjacent to an activating group) is 1. The Balaban J connectivity index is 2.90. The maximum Gasteiger partial charge on any atom is 0.433 e. The highest BCUT2D eigenvalue weighted by Crippen LogP contribution is 2.29. The third-order valence-electron chi connectivity index (χ3n) is 2.10. The molecule has 0 aromatic carbocycles. The van der Waals surface area contributed by atoms with Crippen LogP contribution in [0.3, 0.4) is 0 Å². The Morgan fingerprint density at radius 2 is 2.11 bits per heavy atom. The minimum Gasteiger partial charge on any atom is -0.358 e. The number of carbonyl (C=O) groups is 1. The molecule has 19 heavy (non-hydrogen) atoms. The normalized spacial score (nSPS) is 12.9. The van der Waals surface area contributed by atoms with Crippen LogP contribution in [0.1, 0.15) is 19.5 Å². The lowest BCUT2D eigenvalue weighted by molar-refractivity contribution is -0.141. The number of amides is 1. The monoisotopic (exact) mass is 296 g/mol. The summed E-state index contributed by atoms with van der Waals surface area (Å²) in [6.45, 7) is 3.64. The van der Waals surface area contributed by atoms with Gasteiger partial charge in [-0.1, -0.05) is 0 Å². The maximum absolute atomic E-state index is 12.5. The number of aromatic nitrogens is 2. The molecule has 2 N–H and O–H groups in total. The van der Waals surface area contributed by atoms with Crippen molar-refractivity contribution in [1.29, 1.82) is 0 Å². The van der Waals surface area contributed by atoms with Crippen LogP contribution in [0.15, 0.2) is 6.07 Å². The van der Waals surface area contributed by atoms with Crippen LogP contribution in [0, 0.1) is 0 Å². The first-order chi connectivity index (χ1) is 8.74. The van der Waals surface area contributed by atoms with Gasteiger partial charge in [0.1, 0.15) is 11.9 Å². The van der Waals surface area contributed by atoms with Gasteiger partial charge in [-0.3, -0.25) is 4.79 Å². The second-order valence-corrected chi connectivity index (χ2v) is 4.00. The van der Waals surface area contributed by atoms with Crippen molar-refractivity contribution >= 4 is 23.3 Å². The predicted octanol–water partition coefficient (Wildman–Crippen LogP) is 2.09. The van der Waals surface area contributed by atoms with E-state index in [9.17, 15) is 18.0 Å². The highest BCUT2D eigenvalue weighted by Gasteiger charge is 2.33. The van der Waals surface area contributed by atoms with E-state index in [2.05, 4.69) is 20.6 Å². The van der Waals surface area contributed by atoms with E-state index in [4.69, 9.17) is 11.6 Å². The Bertz CT molecular complexity index is 467. The molecule has 9 heteroatoms. The summed E-state index contributed by atoms with van der Waals surface area (Å²) in [5, 5.41) is 4.52. The first-order valence-electron chi connectivity index (χ1n) is 5.40. The summed E-state index contributed by atoms with van der Waals surface area (Å²) in [6.07, 6.45) is -4.63. The molecule has 0 aliphatic carbocycles. The highest BCUT2D eigenvalue weighted by atomic mass is 35.5. The van der Waals surface area contributed by atoms with Crippen LogP contribution in [0.5, 0.6) is 0 Å². The topological polar surface area (TPSA) is 66.9 Å². The number of carbonyl (C=O) groups excluding carboxylic acids is 1. The van der Waals surface area contributed by atoms with Gasteiger partial charge in [0.25, 0.3) is 0 Å². The Labute approximate surface area is 112 Å². The molecule has 0 bridgehead atoms. The number of nitrogens with one attached hydrogen (secondary N) is 2. The van der Waals surface area contributed by atoms with Crippen LogP contribution in [-0.2, 0) is 11.0 Å². The van der Waals surface area contributed by atoms with E-state index >= 15 is 0 Å². The summed E-state index contributed by atoms with van der Waals surface area (Å²) in [5.41, 5.74) is -1.17. The van der Waals surface area contributed by atoms with Gasteiger partial charge < -0.3 is 10.6 Å². The molecule has 0 aliphatic heterocycles. The van der Waals surface area contributed by atoms with E-state index in [1.54, 1.807) is 6.92 Å². The summed E-state index contributed by atoms with van der Waals surface area (Å²) in [7, 11) is 0. The van der Waals surface area contributed by atoms with Crippen LogP contribution >= 0.6 is 11.6 Å². The Kier molecular flexibility index (Phi) is 4.93. The molecular formula is C10H12ClF3N4O. The van der Waals surface area contributed by atoms with Crippen molar-refractivity contribution in [3.05, 3.63) is 17.0 Å². The van der Waals surface area contributed by atoms with Crippen molar-refractivity contribution in [3.8, 4) is 0 Å². The summed E-state index contributed by atoms with van der Waals surface area (Å²) in [6, 6.07) is -0.0475. The zero-order chi connectivity index (χ0) is 14.6. The van der Waals surface area contributed by atoms with Gasteiger partial charge in [0.15, 0.2) is 5.69 Å². The molecule has 1 aromatic rings. The zero-order valence-corrected chi connectivity index (χ0v) is 10.9. The van der Waals surface area contributed by atoms with E-state index in [0.29, 0.717) is 12.6 Å². The van der Waals surface area contributed by atoms with Crippen molar-refractivity contribution in [2.24, 2.45) is 0 Å².